The minimum absolute atomic E-state index is 0.205. The number of benzene rings is 4. The van der Waals surface area contributed by atoms with Crippen LogP contribution in [0.5, 0.6) is 0 Å². The molecule has 4 aromatic carbocycles. The van der Waals surface area contributed by atoms with E-state index in [1.807, 2.05) is 66.7 Å². The third-order valence-corrected chi connectivity index (χ3v) is 11.8. The maximum atomic E-state index is 13.5. The SMILES string of the molecule is Cc1nc(-c2ccccc2)ccc1C(=O)N1[C@@H](c2ccccc2Cl)CC[C@H]1C(=O)O.O=C(O)[C@@H]1CC[C@H](c2ccccc2Cl)N1C(=O)c1cnc(-c2ccccc2Cl)nc1. The van der Waals surface area contributed by atoms with Crippen molar-refractivity contribution < 1.29 is 29.4 Å². The summed E-state index contributed by atoms with van der Waals surface area (Å²) in [5.74, 6) is -2.46. The molecule has 11 nitrogen and oxygen atoms in total. The van der Waals surface area contributed by atoms with Crippen LogP contribution in [0, 0.1) is 6.92 Å². The molecule has 2 fully saturated rings. The molecule has 2 aliphatic heterocycles. The predicted octanol–water partition coefficient (Wildman–Crippen LogP) is 10.0. The standard InChI is InChI=1S/C24H21ClN2O3.C22H17Cl2N3O3/c1-15-17(11-12-20(26-15)16-7-3-2-4-8-16)23(28)27-21(13-14-22(27)24(29)30)18-9-5-6-10-19(18)25;23-16-7-3-1-5-14(16)18-9-10-19(22(29)30)27(18)21(28)13-11-25-20(26-12-13)15-6-2-4-8-17(15)24/h2-12,21-22H,13-14H2,1H3,(H,29,30);1-8,11-12,18-19H,9-10H2,(H,29,30)/t21-,22+;18-,19+/m11/s1. The fourth-order valence-corrected chi connectivity index (χ4v) is 8.58. The van der Waals surface area contributed by atoms with Gasteiger partial charge in [-0.05, 0) is 80.1 Å². The number of hydrogen-bond donors (Lipinski definition) is 2. The molecule has 14 heteroatoms. The quantitative estimate of drug-likeness (QED) is 0.152. The zero-order chi connectivity index (χ0) is 42.5. The van der Waals surface area contributed by atoms with Gasteiger partial charge in [-0.25, -0.2) is 19.6 Å². The number of carbonyl (C=O) groups excluding carboxylic acids is 2. The number of carboxylic acid groups (broad SMARTS) is 2. The summed E-state index contributed by atoms with van der Waals surface area (Å²) in [6, 6.07) is 32.1. The predicted molar refractivity (Wildman–Crippen MR) is 229 cm³/mol. The van der Waals surface area contributed by atoms with Gasteiger partial charge < -0.3 is 20.0 Å². The summed E-state index contributed by atoms with van der Waals surface area (Å²) in [6.07, 6.45) is 4.57. The van der Waals surface area contributed by atoms with Crippen molar-refractivity contribution in [3.05, 3.63) is 171 Å². The second-order valence-electron chi connectivity index (χ2n) is 14.3. The second kappa shape index (κ2) is 18.4. The first-order valence-corrected chi connectivity index (χ1v) is 20.3. The number of carbonyl (C=O) groups is 4. The van der Waals surface area contributed by atoms with Gasteiger partial charge in [0.25, 0.3) is 11.8 Å². The largest absolute Gasteiger partial charge is 0.480 e. The molecule has 304 valence electrons. The van der Waals surface area contributed by atoms with Crippen molar-refractivity contribution in [2.75, 3.05) is 0 Å². The first-order chi connectivity index (χ1) is 28.9. The van der Waals surface area contributed by atoms with Crippen LogP contribution in [0.1, 0.15) is 75.3 Å². The Balaban J connectivity index is 0.000000181. The van der Waals surface area contributed by atoms with Gasteiger partial charge in [-0.2, -0.15) is 0 Å². The first-order valence-electron chi connectivity index (χ1n) is 19.1. The molecule has 2 N–H and O–H groups in total. The molecule has 0 saturated carbocycles. The van der Waals surface area contributed by atoms with E-state index in [0.29, 0.717) is 63.4 Å². The van der Waals surface area contributed by atoms with Crippen molar-refractivity contribution in [1.29, 1.82) is 0 Å². The van der Waals surface area contributed by atoms with Gasteiger partial charge in [0, 0.05) is 33.6 Å². The average molecular weight is 863 g/mol. The van der Waals surface area contributed by atoms with Crippen molar-refractivity contribution in [2.45, 2.75) is 56.8 Å². The molecule has 4 atom stereocenters. The number of nitrogens with zero attached hydrogens (tertiary/aromatic N) is 5. The van der Waals surface area contributed by atoms with E-state index in [-0.39, 0.29) is 17.5 Å². The van der Waals surface area contributed by atoms with Gasteiger partial charge in [-0.3, -0.25) is 14.6 Å². The number of aromatic nitrogens is 3. The second-order valence-corrected chi connectivity index (χ2v) is 15.6. The monoisotopic (exact) mass is 861 g/mol. The highest BCUT2D eigenvalue weighted by atomic mass is 35.5. The van der Waals surface area contributed by atoms with Crippen LogP contribution in [0.15, 0.2) is 128 Å². The van der Waals surface area contributed by atoms with Crippen LogP contribution in [-0.2, 0) is 9.59 Å². The van der Waals surface area contributed by atoms with Crippen LogP contribution in [0.3, 0.4) is 0 Å². The van der Waals surface area contributed by atoms with Gasteiger partial charge in [0.05, 0.1) is 39.6 Å². The number of carboxylic acids is 2. The number of amides is 2. The topological polar surface area (TPSA) is 154 Å². The molecule has 60 heavy (non-hydrogen) atoms. The van der Waals surface area contributed by atoms with Gasteiger partial charge in [0.15, 0.2) is 5.82 Å². The van der Waals surface area contributed by atoms with E-state index in [1.165, 1.54) is 22.2 Å². The Morgan fingerprint density at radius 3 is 1.57 bits per heavy atom. The van der Waals surface area contributed by atoms with E-state index in [0.717, 1.165) is 22.4 Å². The molecule has 0 radical (unpaired) electrons. The van der Waals surface area contributed by atoms with Crippen LogP contribution >= 0.6 is 34.8 Å². The lowest BCUT2D eigenvalue weighted by molar-refractivity contribution is -0.142. The fourth-order valence-electron chi connectivity index (χ4n) is 7.84. The Kier molecular flexibility index (Phi) is 12.9. The Labute approximate surface area is 361 Å². The number of aliphatic carboxylic acids is 2. The minimum Gasteiger partial charge on any atom is -0.480 e. The minimum atomic E-state index is -1.05. The zero-order valence-corrected chi connectivity index (χ0v) is 34.4. The summed E-state index contributed by atoms with van der Waals surface area (Å²) in [5, 5.41) is 20.9. The van der Waals surface area contributed by atoms with E-state index in [4.69, 9.17) is 34.8 Å². The van der Waals surface area contributed by atoms with E-state index < -0.39 is 36.0 Å². The van der Waals surface area contributed by atoms with Crippen molar-refractivity contribution in [2.24, 2.45) is 0 Å². The lowest BCUT2D eigenvalue weighted by atomic mass is 10.0. The molecule has 0 bridgehead atoms. The van der Waals surface area contributed by atoms with E-state index in [1.54, 1.807) is 55.5 Å². The smallest absolute Gasteiger partial charge is 0.326 e. The number of hydrogen-bond acceptors (Lipinski definition) is 7. The highest BCUT2D eigenvalue weighted by Gasteiger charge is 2.44. The van der Waals surface area contributed by atoms with Gasteiger partial charge in [0.1, 0.15) is 12.1 Å². The van der Waals surface area contributed by atoms with Gasteiger partial charge in [-0.15, -0.1) is 0 Å². The van der Waals surface area contributed by atoms with Gasteiger partial charge in [-0.1, -0.05) is 114 Å². The summed E-state index contributed by atoms with van der Waals surface area (Å²) in [6.45, 7) is 1.77. The number of aryl methyl sites for hydroxylation is 1. The molecule has 2 saturated heterocycles. The summed E-state index contributed by atoms with van der Waals surface area (Å²) >= 11 is 18.9. The fraction of sp³-hybridized carbons (Fsp3) is 0.196. The first kappa shape index (κ1) is 42.0. The van der Waals surface area contributed by atoms with E-state index >= 15 is 0 Å². The van der Waals surface area contributed by atoms with Crippen LogP contribution < -0.4 is 0 Å². The van der Waals surface area contributed by atoms with Crippen LogP contribution in [0.2, 0.25) is 15.1 Å². The van der Waals surface area contributed by atoms with E-state index in [9.17, 15) is 29.4 Å². The Morgan fingerprint density at radius 2 is 1.07 bits per heavy atom. The molecule has 0 aliphatic carbocycles. The summed E-state index contributed by atoms with van der Waals surface area (Å²) in [5.41, 5.74) is 5.04. The van der Waals surface area contributed by atoms with Crippen LogP contribution in [0.25, 0.3) is 22.6 Å². The average Bonchev–Trinajstić information content (AvgIpc) is 3.91. The van der Waals surface area contributed by atoms with Gasteiger partial charge >= 0.3 is 11.9 Å². The normalized spacial score (nSPS) is 18.4. The highest BCUT2D eigenvalue weighted by Crippen LogP contribution is 2.42. The lowest BCUT2D eigenvalue weighted by Crippen LogP contribution is -2.42. The number of likely N-dealkylation sites (tertiary alicyclic amines) is 2. The molecular formula is C46H38Cl3N5O6. The van der Waals surface area contributed by atoms with Crippen molar-refractivity contribution in [3.63, 3.8) is 0 Å². The Bertz CT molecular complexity index is 2560. The third kappa shape index (κ3) is 8.74. The number of rotatable bonds is 8. The molecule has 2 aliphatic rings. The summed E-state index contributed by atoms with van der Waals surface area (Å²) < 4.78 is 0. The molecule has 0 spiro atoms. The molecule has 8 rings (SSSR count). The van der Waals surface area contributed by atoms with Gasteiger partial charge in [0.2, 0.25) is 0 Å². The molecule has 4 heterocycles. The summed E-state index contributed by atoms with van der Waals surface area (Å²) in [7, 11) is 0. The van der Waals surface area contributed by atoms with E-state index in [2.05, 4.69) is 15.0 Å². The molecule has 0 unspecified atom stereocenters. The van der Waals surface area contributed by atoms with Crippen LogP contribution in [-0.4, -0.2) is 70.8 Å². The molecular weight excluding hydrogens is 825 g/mol. The summed E-state index contributed by atoms with van der Waals surface area (Å²) in [4.78, 5) is 66.5. The molecule has 6 aromatic rings. The zero-order valence-electron chi connectivity index (χ0n) is 32.2. The molecule has 2 amide bonds. The lowest BCUT2D eigenvalue weighted by Gasteiger charge is -2.29. The molecule has 2 aromatic heterocycles. The highest BCUT2D eigenvalue weighted by molar-refractivity contribution is 6.33. The van der Waals surface area contributed by atoms with Crippen LogP contribution in [0.4, 0.5) is 0 Å². The third-order valence-electron chi connectivity index (χ3n) is 10.7. The van der Waals surface area contributed by atoms with Crippen molar-refractivity contribution in [1.82, 2.24) is 24.8 Å². The number of halogens is 3. The Hall–Kier alpha value is -6.14. The Morgan fingerprint density at radius 1 is 0.583 bits per heavy atom. The van der Waals surface area contributed by atoms with Crippen molar-refractivity contribution in [3.8, 4) is 22.6 Å². The maximum absolute atomic E-state index is 13.5. The number of pyridine rings is 1. The maximum Gasteiger partial charge on any atom is 0.326 e. The van der Waals surface area contributed by atoms with Crippen molar-refractivity contribution >= 4 is 58.6 Å².